The van der Waals surface area contributed by atoms with Gasteiger partial charge in [0.15, 0.2) is 12.2 Å². The largest absolute Gasteiger partial charge is 0.509 e. The molecule has 2 fully saturated rings. The summed E-state index contributed by atoms with van der Waals surface area (Å²) < 4.78 is 33.6. The van der Waals surface area contributed by atoms with E-state index in [0.29, 0.717) is 25.4 Å². The van der Waals surface area contributed by atoms with Gasteiger partial charge < -0.3 is 33.3 Å². The zero-order valence-corrected chi connectivity index (χ0v) is 27.4. The van der Waals surface area contributed by atoms with Crippen LogP contribution in [-0.2, 0) is 41.3 Å². The zero-order valence-electron chi connectivity index (χ0n) is 27.4. The molecule has 2 saturated heterocycles. The van der Waals surface area contributed by atoms with Crippen LogP contribution in [0.25, 0.3) is 0 Å². The molecule has 2 aliphatic heterocycles. The highest BCUT2D eigenvalue weighted by molar-refractivity contribution is 5.74. The molecule has 0 aliphatic carbocycles. The van der Waals surface area contributed by atoms with Gasteiger partial charge in [-0.1, -0.05) is 24.3 Å². The third kappa shape index (κ3) is 10.0. The van der Waals surface area contributed by atoms with Crippen LogP contribution in [0.4, 0.5) is 15.3 Å². The molecule has 2 heterocycles. The summed E-state index contributed by atoms with van der Waals surface area (Å²) in [7, 11) is 1.58. The molecule has 11 nitrogen and oxygen atoms in total. The van der Waals surface area contributed by atoms with Gasteiger partial charge in [0.25, 0.3) is 0 Å². The first kappa shape index (κ1) is 33.9. The minimum absolute atomic E-state index is 0.000736. The van der Waals surface area contributed by atoms with E-state index in [4.69, 9.17) is 28.4 Å². The van der Waals surface area contributed by atoms with Crippen LogP contribution < -0.4 is 9.64 Å². The Morgan fingerprint density at radius 3 is 2.00 bits per heavy atom. The molecule has 0 bridgehead atoms. The molecule has 0 N–H and O–H groups in total. The molecule has 11 heteroatoms. The number of carbonyl (C=O) groups is 3. The van der Waals surface area contributed by atoms with Crippen LogP contribution in [-0.4, -0.2) is 92.5 Å². The molecule has 2 aromatic rings. The number of rotatable bonds is 8. The Morgan fingerprint density at radius 1 is 0.822 bits per heavy atom. The first-order chi connectivity index (χ1) is 21.2. The van der Waals surface area contributed by atoms with Crippen molar-refractivity contribution < 1.29 is 42.8 Å². The number of nitrogens with zero attached hydrogens (tertiary/aromatic N) is 2. The minimum atomic E-state index is -0.983. The predicted octanol–water partition coefficient (Wildman–Crippen LogP) is 5.17. The molecule has 0 saturated carbocycles. The second-order valence-electron chi connectivity index (χ2n) is 13.3. The first-order valence-corrected chi connectivity index (χ1v) is 15.3. The third-order valence-corrected chi connectivity index (χ3v) is 7.32. The summed E-state index contributed by atoms with van der Waals surface area (Å²) in [5, 5.41) is 0. The van der Waals surface area contributed by atoms with Gasteiger partial charge in [0.05, 0.1) is 39.3 Å². The van der Waals surface area contributed by atoms with Crippen LogP contribution in [0.1, 0.15) is 52.7 Å². The Kier molecular flexibility index (Phi) is 10.9. The highest BCUT2D eigenvalue weighted by Gasteiger charge is 2.50. The number of amides is 1. The summed E-state index contributed by atoms with van der Waals surface area (Å²) in [5.41, 5.74) is 1.13. The SMILES string of the molecule is COc1ccc(C[C@@H]2[C@H](OC(=O)Cc3ccc(N4CCOCC4)cc3)[C@@H](OC(=O)OC(C)(C)C)CN2C(=O)OC(C)(C)C)cc1. The number of anilines is 1. The molecular formula is C34H46N2O9. The van der Waals surface area contributed by atoms with Crippen molar-refractivity contribution in [2.24, 2.45) is 0 Å². The lowest BCUT2D eigenvalue weighted by atomic mass is 10.0. The number of ether oxygens (including phenoxy) is 6. The van der Waals surface area contributed by atoms with Gasteiger partial charge in [0.1, 0.15) is 17.0 Å². The lowest BCUT2D eigenvalue weighted by Crippen LogP contribution is -2.45. The number of likely N-dealkylation sites (tertiary alicyclic amines) is 1. The summed E-state index contributed by atoms with van der Waals surface area (Å²) in [5.74, 6) is 0.172. The lowest BCUT2D eigenvalue weighted by molar-refractivity contribution is -0.155. The zero-order chi connectivity index (χ0) is 32.8. The molecule has 0 radical (unpaired) electrons. The van der Waals surface area contributed by atoms with Crippen molar-refractivity contribution >= 4 is 23.9 Å². The van der Waals surface area contributed by atoms with E-state index >= 15 is 0 Å². The van der Waals surface area contributed by atoms with E-state index in [1.807, 2.05) is 48.5 Å². The quantitative estimate of drug-likeness (QED) is 0.287. The van der Waals surface area contributed by atoms with Crippen LogP contribution in [0, 0.1) is 0 Å². The van der Waals surface area contributed by atoms with Crippen molar-refractivity contribution in [1.82, 2.24) is 4.90 Å². The van der Waals surface area contributed by atoms with E-state index < -0.39 is 47.7 Å². The Bertz CT molecular complexity index is 1290. The Labute approximate surface area is 265 Å². The van der Waals surface area contributed by atoms with Gasteiger partial charge >= 0.3 is 18.2 Å². The summed E-state index contributed by atoms with van der Waals surface area (Å²) in [6, 6.07) is 14.5. The van der Waals surface area contributed by atoms with E-state index in [-0.39, 0.29) is 13.0 Å². The predicted molar refractivity (Wildman–Crippen MR) is 168 cm³/mol. The van der Waals surface area contributed by atoms with Gasteiger partial charge in [-0.25, -0.2) is 9.59 Å². The average molecular weight is 627 g/mol. The van der Waals surface area contributed by atoms with Crippen LogP contribution in [0.3, 0.4) is 0 Å². The van der Waals surface area contributed by atoms with Crippen LogP contribution in [0.15, 0.2) is 48.5 Å². The highest BCUT2D eigenvalue weighted by atomic mass is 16.7. The fourth-order valence-electron chi connectivity index (χ4n) is 5.28. The molecule has 4 rings (SSSR count). The Balaban J connectivity index is 1.58. The summed E-state index contributed by atoms with van der Waals surface area (Å²) in [6.07, 6.45) is -3.17. The fourth-order valence-corrected chi connectivity index (χ4v) is 5.28. The van der Waals surface area contributed by atoms with E-state index in [1.165, 1.54) is 4.90 Å². The van der Waals surface area contributed by atoms with Gasteiger partial charge in [-0.15, -0.1) is 0 Å². The molecule has 2 aliphatic rings. The Hall–Kier alpha value is -3.99. The number of carbonyl (C=O) groups excluding carboxylic acids is 3. The van der Waals surface area contributed by atoms with Gasteiger partial charge in [0.2, 0.25) is 0 Å². The van der Waals surface area contributed by atoms with Gasteiger partial charge in [-0.3, -0.25) is 9.69 Å². The second-order valence-corrected chi connectivity index (χ2v) is 13.3. The smallest absolute Gasteiger partial charge is 0.497 e. The Morgan fingerprint density at radius 2 is 1.42 bits per heavy atom. The van der Waals surface area contributed by atoms with E-state index in [9.17, 15) is 14.4 Å². The number of hydrogen-bond donors (Lipinski definition) is 0. The normalized spacial score (nSPS) is 20.4. The van der Waals surface area contributed by atoms with Crippen molar-refractivity contribution in [3.63, 3.8) is 0 Å². The molecule has 1 amide bonds. The van der Waals surface area contributed by atoms with Crippen LogP contribution >= 0.6 is 0 Å². The van der Waals surface area contributed by atoms with Crippen molar-refractivity contribution in [2.75, 3.05) is 44.9 Å². The topological polar surface area (TPSA) is 113 Å². The highest BCUT2D eigenvalue weighted by Crippen LogP contribution is 2.31. The lowest BCUT2D eigenvalue weighted by Gasteiger charge is -2.30. The average Bonchev–Trinajstić information content (AvgIpc) is 3.28. The van der Waals surface area contributed by atoms with Crippen molar-refractivity contribution in [1.29, 1.82) is 0 Å². The molecule has 45 heavy (non-hydrogen) atoms. The summed E-state index contributed by atoms with van der Waals surface area (Å²) in [4.78, 5) is 43.4. The molecule has 0 unspecified atom stereocenters. The van der Waals surface area contributed by atoms with Crippen LogP contribution in [0.2, 0.25) is 0 Å². The number of benzene rings is 2. The number of hydrogen-bond acceptors (Lipinski definition) is 10. The van der Waals surface area contributed by atoms with E-state index in [2.05, 4.69) is 4.90 Å². The van der Waals surface area contributed by atoms with Crippen molar-refractivity contribution in [2.45, 2.75) is 83.8 Å². The maximum Gasteiger partial charge on any atom is 0.509 e. The van der Waals surface area contributed by atoms with Gasteiger partial charge in [-0.05, 0) is 83.4 Å². The molecule has 0 spiro atoms. The van der Waals surface area contributed by atoms with E-state index in [0.717, 1.165) is 29.9 Å². The van der Waals surface area contributed by atoms with Gasteiger partial charge in [0, 0.05) is 18.8 Å². The minimum Gasteiger partial charge on any atom is -0.497 e. The molecule has 0 aromatic heterocycles. The second kappa shape index (κ2) is 14.4. The maximum atomic E-state index is 13.5. The summed E-state index contributed by atoms with van der Waals surface area (Å²) in [6.45, 7) is 13.4. The number of morpholine rings is 1. The van der Waals surface area contributed by atoms with Crippen molar-refractivity contribution in [3.8, 4) is 5.75 Å². The number of methoxy groups -OCH3 is 1. The molecule has 3 atom stereocenters. The van der Waals surface area contributed by atoms with Gasteiger partial charge in [-0.2, -0.15) is 0 Å². The molecular weight excluding hydrogens is 580 g/mol. The summed E-state index contributed by atoms with van der Waals surface area (Å²) >= 11 is 0. The van der Waals surface area contributed by atoms with Crippen molar-refractivity contribution in [3.05, 3.63) is 59.7 Å². The molecule has 246 valence electrons. The number of esters is 1. The monoisotopic (exact) mass is 626 g/mol. The standard InChI is InChI=1S/C34H46N2O9/c1-33(2,3)44-31(38)36-22-28(42-32(39)45-34(4,5)6)30(27(36)20-23-10-14-26(40-7)15-11-23)43-29(37)21-24-8-12-25(13-9-24)35-16-18-41-19-17-35/h8-15,27-28,30H,16-22H2,1-7H3/t27-,28+,30+/m1/s1. The fraction of sp³-hybridized carbons (Fsp3) is 0.559. The third-order valence-electron chi connectivity index (χ3n) is 7.32. The maximum absolute atomic E-state index is 13.5. The first-order valence-electron chi connectivity index (χ1n) is 15.3. The van der Waals surface area contributed by atoms with Crippen LogP contribution in [0.5, 0.6) is 5.75 Å². The molecule has 2 aromatic carbocycles. The van der Waals surface area contributed by atoms with E-state index in [1.54, 1.807) is 48.7 Å².